The highest BCUT2D eigenvalue weighted by Crippen LogP contribution is 2.31. The number of carbonyl (C=O) groups is 1. The van der Waals surface area contributed by atoms with Crippen molar-refractivity contribution in [3.8, 4) is 0 Å². The molecule has 23 heavy (non-hydrogen) atoms. The fourth-order valence-electron chi connectivity index (χ4n) is 2.62. The fraction of sp³-hybridized carbons (Fsp3) is 0.333. The van der Waals surface area contributed by atoms with Gasteiger partial charge in [0.15, 0.2) is 0 Å². The summed E-state index contributed by atoms with van der Waals surface area (Å²) in [6.45, 7) is 9.71. The lowest BCUT2D eigenvalue weighted by molar-refractivity contribution is -0.111. The first-order valence-corrected chi connectivity index (χ1v) is 8.09. The summed E-state index contributed by atoms with van der Waals surface area (Å²) in [4.78, 5) is 18.6. The first-order chi connectivity index (χ1) is 10.9. The summed E-state index contributed by atoms with van der Waals surface area (Å²) >= 11 is 6.40. The van der Waals surface area contributed by atoms with E-state index in [0.29, 0.717) is 22.0 Å². The number of carbonyl (C=O) groups excluding carboxylic acids is 1. The highest BCUT2D eigenvalue weighted by Gasteiger charge is 2.20. The molecule has 0 aromatic heterocycles. The Morgan fingerprint density at radius 2 is 1.87 bits per heavy atom. The molecule has 0 atom stereocenters. The number of anilines is 1. The van der Waals surface area contributed by atoms with Gasteiger partial charge in [-0.2, -0.15) is 0 Å². The van der Waals surface area contributed by atoms with E-state index in [0.717, 1.165) is 24.4 Å². The van der Waals surface area contributed by atoms with Crippen molar-refractivity contribution in [3.05, 3.63) is 46.1 Å². The molecule has 1 aromatic carbocycles. The van der Waals surface area contributed by atoms with Crippen molar-refractivity contribution in [3.63, 3.8) is 0 Å². The minimum atomic E-state index is -0.165. The topological polar surface area (TPSA) is 58.7 Å². The SMILES string of the molecule is CCN(CC)c1ccc(N=C2C(C)=CC(=O)C(N)=C2C)c(Cl)c1. The standard InChI is InChI=1S/C18H22ClN3O/c1-5-22(6-2)13-7-8-15(14(19)10-13)21-18-11(3)9-16(23)17(20)12(18)4/h7-10H,5-6,20H2,1-4H3. The van der Waals surface area contributed by atoms with Crippen LogP contribution in [-0.2, 0) is 4.79 Å². The molecular formula is C18H22ClN3O. The summed E-state index contributed by atoms with van der Waals surface area (Å²) in [7, 11) is 0. The Balaban J connectivity index is 2.44. The van der Waals surface area contributed by atoms with Crippen LogP contribution in [0.2, 0.25) is 5.02 Å². The number of nitrogens with zero attached hydrogens (tertiary/aromatic N) is 2. The number of ketones is 1. The Labute approximate surface area is 142 Å². The van der Waals surface area contributed by atoms with Crippen molar-refractivity contribution in [2.24, 2.45) is 10.7 Å². The number of hydrogen-bond acceptors (Lipinski definition) is 4. The van der Waals surface area contributed by atoms with Crippen LogP contribution < -0.4 is 10.6 Å². The lowest BCUT2D eigenvalue weighted by Gasteiger charge is -2.21. The highest BCUT2D eigenvalue weighted by atomic mass is 35.5. The molecule has 0 bridgehead atoms. The highest BCUT2D eigenvalue weighted by molar-refractivity contribution is 6.34. The Morgan fingerprint density at radius 3 is 2.43 bits per heavy atom. The van der Waals surface area contributed by atoms with E-state index in [-0.39, 0.29) is 11.5 Å². The predicted octanol–water partition coefficient (Wildman–Crippen LogP) is 4.02. The van der Waals surface area contributed by atoms with Crippen molar-refractivity contribution < 1.29 is 4.79 Å². The molecule has 0 saturated carbocycles. The zero-order chi connectivity index (χ0) is 17.1. The molecule has 5 heteroatoms. The number of nitrogens with two attached hydrogens (primary N) is 1. The molecule has 0 spiro atoms. The third-order valence-corrected chi connectivity index (χ3v) is 4.34. The largest absolute Gasteiger partial charge is 0.395 e. The van der Waals surface area contributed by atoms with E-state index in [1.807, 2.05) is 25.1 Å². The molecular weight excluding hydrogens is 310 g/mol. The van der Waals surface area contributed by atoms with Crippen LogP contribution in [-0.4, -0.2) is 24.6 Å². The fourth-order valence-corrected chi connectivity index (χ4v) is 2.83. The monoisotopic (exact) mass is 331 g/mol. The number of allylic oxidation sites excluding steroid dienone is 3. The van der Waals surface area contributed by atoms with E-state index in [4.69, 9.17) is 17.3 Å². The molecule has 122 valence electrons. The van der Waals surface area contributed by atoms with Crippen LogP contribution in [0.25, 0.3) is 0 Å². The first kappa shape index (κ1) is 17.3. The summed E-state index contributed by atoms with van der Waals surface area (Å²) in [6, 6.07) is 5.83. The van der Waals surface area contributed by atoms with Gasteiger partial charge in [0.05, 0.1) is 22.1 Å². The summed E-state index contributed by atoms with van der Waals surface area (Å²) < 4.78 is 0. The van der Waals surface area contributed by atoms with E-state index in [1.165, 1.54) is 6.08 Å². The maximum Gasteiger partial charge on any atom is 0.202 e. The number of halogens is 1. The van der Waals surface area contributed by atoms with Crippen molar-refractivity contribution in [2.75, 3.05) is 18.0 Å². The van der Waals surface area contributed by atoms with Crippen LogP contribution in [0.1, 0.15) is 27.7 Å². The normalized spacial score (nSPS) is 16.8. The molecule has 0 radical (unpaired) electrons. The number of aliphatic imine (C=N–C) groups is 1. The summed E-state index contributed by atoms with van der Waals surface area (Å²) in [5.74, 6) is -0.165. The third-order valence-electron chi connectivity index (χ3n) is 4.04. The number of hydrogen-bond donors (Lipinski definition) is 1. The van der Waals surface area contributed by atoms with Crippen LogP contribution >= 0.6 is 11.6 Å². The lowest BCUT2D eigenvalue weighted by atomic mass is 9.94. The molecule has 2 N–H and O–H groups in total. The molecule has 0 unspecified atom stereocenters. The van der Waals surface area contributed by atoms with Gasteiger partial charge in [-0.15, -0.1) is 0 Å². The molecule has 4 nitrogen and oxygen atoms in total. The van der Waals surface area contributed by atoms with Crippen molar-refractivity contribution >= 4 is 34.5 Å². The van der Waals surface area contributed by atoms with Gasteiger partial charge >= 0.3 is 0 Å². The quantitative estimate of drug-likeness (QED) is 0.848. The third kappa shape index (κ3) is 3.48. The van der Waals surface area contributed by atoms with Gasteiger partial charge in [-0.3, -0.25) is 4.79 Å². The Kier molecular flexibility index (Phi) is 5.26. The van der Waals surface area contributed by atoms with Gasteiger partial charge in [-0.1, -0.05) is 11.6 Å². The van der Waals surface area contributed by atoms with Gasteiger partial charge in [0.1, 0.15) is 0 Å². The average Bonchev–Trinajstić information content (AvgIpc) is 2.52. The average molecular weight is 332 g/mol. The summed E-state index contributed by atoms with van der Waals surface area (Å²) in [5.41, 5.74) is 10.0. The van der Waals surface area contributed by atoms with E-state index in [9.17, 15) is 4.79 Å². The molecule has 0 saturated heterocycles. The van der Waals surface area contributed by atoms with E-state index >= 15 is 0 Å². The summed E-state index contributed by atoms with van der Waals surface area (Å²) in [6.07, 6.45) is 1.51. The number of benzene rings is 1. The molecule has 0 fully saturated rings. The van der Waals surface area contributed by atoms with Crippen LogP contribution in [0.15, 0.2) is 46.1 Å². The van der Waals surface area contributed by atoms with Crippen LogP contribution in [0.5, 0.6) is 0 Å². The second-order valence-electron chi connectivity index (χ2n) is 5.50. The zero-order valence-electron chi connectivity index (χ0n) is 14.0. The van der Waals surface area contributed by atoms with Gasteiger partial charge in [0.25, 0.3) is 0 Å². The van der Waals surface area contributed by atoms with Gasteiger partial charge in [-0.25, -0.2) is 4.99 Å². The second kappa shape index (κ2) is 7.01. The molecule has 0 amide bonds. The van der Waals surface area contributed by atoms with E-state index in [2.05, 4.69) is 23.7 Å². The van der Waals surface area contributed by atoms with Crippen LogP contribution in [0.3, 0.4) is 0 Å². The Morgan fingerprint density at radius 1 is 1.22 bits per heavy atom. The van der Waals surface area contributed by atoms with E-state index in [1.54, 1.807) is 6.92 Å². The minimum absolute atomic E-state index is 0.165. The van der Waals surface area contributed by atoms with Gasteiger partial charge < -0.3 is 10.6 Å². The van der Waals surface area contributed by atoms with Crippen molar-refractivity contribution in [1.82, 2.24) is 0 Å². The maximum absolute atomic E-state index is 11.7. The van der Waals surface area contributed by atoms with Gasteiger partial charge in [0, 0.05) is 24.4 Å². The predicted molar refractivity (Wildman–Crippen MR) is 97.8 cm³/mol. The van der Waals surface area contributed by atoms with Gasteiger partial charge in [-0.05, 0) is 57.5 Å². The Bertz CT molecular complexity index is 728. The minimum Gasteiger partial charge on any atom is -0.395 e. The Hall–Kier alpha value is -2.07. The zero-order valence-corrected chi connectivity index (χ0v) is 14.7. The second-order valence-corrected chi connectivity index (χ2v) is 5.91. The van der Waals surface area contributed by atoms with Gasteiger partial charge in [0.2, 0.25) is 5.78 Å². The summed E-state index contributed by atoms with van der Waals surface area (Å²) in [5, 5.41) is 0.581. The van der Waals surface area contributed by atoms with Crippen molar-refractivity contribution in [2.45, 2.75) is 27.7 Å². The lowest BCUT2D eigenvalue weighted by Crippen LogP contribution is -2.22. The molecule has 0 heterocycles. The molecule has 1 aliphatic carbocycles. The molecule has 0 aliphatic heterocycles. The van der Waals surface area contributed by atoms with Crippen LogP contribution in [0, 0.1) is 0 Å². The number of rotatable bonds is 4. The molecule has 1 aromatic rings. The smallest absolute Gasteiger partial charge is 0.202 e. The first-order valence-electron chi connectivity index (χ1n) is 7.71. The maximum atomic E-state index is 11.7. The molecule has 1 aliphatic rings. The van der Waals surface area contributed by atoms with Crippen molar-refractivity contribution in [1.29, 1.82) is 0 Å². The van der Waals surface area contributed by atoms with Crippen LogP contribution in [0.4, 0.5) is 11.4 Å². The van der Waals surface area contributed by atoms with E-state index < -0.39 is 0 Å². The molecule has 2 rings (SSSR count).